The van der Waals surface area contributed by atoms with E-state index in [9.17, 15) is 0 Å². The third-order valence-electron chi connectivity index (χ3n) is 4.30. The lowest BCUT2D eigenvalue weighted by atomic mass is 9.78. The molecule has 2 unspecified atom stereocenters. The molecule has 0 amide bonds. The molecule has 1 fully saturated rings. The number of nitrogens with two attached hydrogens (primary N) is 1. The Labute approximate surface area is 127 Å². The molecular formula is C16H25N3S. The summed E-state index contributed by atoms with van der Waals surface area (Å²) in [4.78, 5) is 5.02. The zero-order chi connectivity index (χ0) is 14.7. The topological polar surface area (TPSA) is 50.9 Å². The fourth-order valence-electron chi connectivity index (χ4n) is 3.18. The van der Waals surface area contributed by atoms with Gasteiger partial charge >= 0.3 is 0 Å². The first-order chi connectivity index (χ1) is 9.49. The molecule has 4 heteroatoms. The van der Waals surface area contributed by atoms with Gasteiger partial charge in [0.2, 0.25) is 0 Å². The lowest BCUT2D eigenvalue weighted by molar-refractivity contribution is 0.253. The minimum Gasteiger partial charge on any atom is -0.389 e. The Hall–Kier alpha value is -1.16. The number of rotatable bonds is 4. The first-order valence-corrected chi connectivity index (χ1v) is 7.94. The Kier molecular flexibility index (Phi) is 4.97. The summed E-state index contributed by atoms with van der Waals surface area (Å²) in [5.41, 5.74) is 7.67. The fraction of sp³-hybridized carbons (Fsp3) is 0.625. The van der Waals surface area contributed by atoms with Crippen LogP contribution in [0, 0.1) is 18.8 Å². The molecule has 20 heavy (non-hydrogen) atoms. The van der Waals surface area contributed by atoms with Gasteiger partial charge in [-0.15, -0.1) is 0 Å². The Morgan fingerprint density at radius 3 is 2.70 bits per heavy atom. The molecule has 0 saturated heterocycles. The van der Waals surface area contributed by atoms with Crippen LogP contribution in [0.15, 0.2) is 12.1 Å². The van der Waals surface area contributed by atoms with E-state index < -0.39 is 0 Å². The Morgan fingerprint density at radius 2 is 2.05 bits per heavy atom. The van der Waals surface area contributed by atoms with E-state index in [1.54, 1.807) is 0 Å². The van der Waals surface area contributed by atoms with Crippen LogP contribution in [0.25, 0.3) is 0 Å². The summed E-state index contributed by atoms with van der Waals surface area (Å²) < 4.78 is 0. The second kappa shape index (κ2) is 6.53. The summed E-state index contributed by atoms with van der Waals surface area (Å²) in [6.45, 7) is 6.61. The number of aromatic nitrogens is 1. The van der Waals surface area contributed by atoms with Gasteiger partial charge in [0.1, 0.15) is 10.8 Å². The van der Waals surface area contributed by atoms with Crippen molar-refractivity contribution < 1.29 is 0 Å². The number of pyridine rings is 1. The molecule has 1 aliphatic rings. The van der Waals surface area contributed by atoms with Crippen molar-refractivity contribution in [1.82, 2.24) is 4.98 Å². The number of hydrogen-bond donors (Lipinski definition) is 2. The molecule has 0 aromatic carbocycles. The van der Waals surface area contributed by atoms with E-state index in [-0.39, 0.29) is 0 Å². The van der Waals surface area contributed by atoms with Crippen LogP contribution in [0.4, 0.5) is 5.82 Å². The number of thiocarbonyl (C=S) groups is 1. The quantitative estimate of drug-likeness (QED) is 0.831. The van der Waals surface area contributed by atoms with Gasteiger partial charge in [0.25, 0.3) is 0 Å². The lowest BCUT2D eigenvalue weighted by Crippen LogP contribution is -2.36. The molecule has 2 atom stereocenters. The third kappa shape index (κ3) is 3.48. The molecule has 1 heterocycles. The fourth-order valence-corrected chi connectivity index (χ4v) is 3.34. The standard InChI is InChI=1S/C16H25N3S/c1-10(2)12-6-4-5-7-14(12)19-16-13(15(17)20)9-8-11(3)18-16/h8-10,12,14H,4-7H2,1-3H3,(H2,17,20)(H,18,19). The molecule has 2 rings (SSSR count). The van der Waals surface area contributed by atoms with Crippen molar-refractivity contribution in [2.24, 2.45) is 17.6 Å². The number of hydrogen-bond acceptors (Lipinski definition) is 3. The molecule has 0 aliphatic heterocycles. The van der Waals surface area contributed by atoms with Crippen molar-refractivity contribution in [3.8, 4) is 0 Å². The van der Waals surface area contributed by atoms with Crippen molar-refractivity contribution in [1.29, 1.82) is 0 Å². The molecule has 1 aromatic rings. The number of nitrogens with one attached hydrogen (secondary N) is 1. The number of anilines is 1. The zero-order valence-electron chi connectivity index (χ0n) is 12.6. The van der Waals surface area contributed by atoms with E-state index in [0.29, 0.717) is 22.9 Å². The van der Waals surface area contributed by atoms with Gasteiger partial charge in [-0.3, -0.25) is 0 Å². The van der Waals surface area contributed by atoms with Crippen molar-refractivity contribution in [3.63, 3.8) is 0 Å². The van der Waals surface area contributed by atoms with Gasteiger partial charge in [0.15, 0.2) is 0 Å². The molecule has 3 nitrogen and oxygen atoms in total. The molecule has 110 valence electrons. The largest absolute Gasteiger partial charge is 0.389 e. The van der Waals surface area contributed by atoms with Gasteiger partial charge in [0, 0.05) is 11.7 Å². The van der Waals surface area contributed by atoms with E-state index in [1.807, 2.05) is 19.1 Å². The normalized spacial score (nSPS) is 22.8. The maximum Gasteiger partial charge on any atom is 0.136 e. The van der Waals surface area contributed by atoms with Gasteiger partial charge in [-0.25, -0.2) is 4.98 Å². The van der Waals surface area contributed by atoms with E-state index >= 15 is 0 Å². The van der Waals surface area contributed by atoms with Gasteiger partial charge in [0.05, 0.1) is 5.56 Å². The van der Waals surface area contributed by atoms with Gasteiger partial charge in [-0.05, 0) is 43.7 Å². The van der Waals surface area contributed by atoms with Crippen molar-refractivity contribution in [3.05, 3.63) is 23.4 Å². The number of aryl methyl sites for hydroxylation is 1. The maximum atomic E-state index is 5.82. The van der Waals surface area contributed by atoms with Crippen molar-refractivity contribution in [2.45, 2.75) is 52.5 Å². The van der Waals surface area contributed by atoms with E-state index in [4.69, 9.17) is 18.0 Å². The minimum absolute atomic E-state index is 0.414. The second-order valence-electron chi connectivity index (χ2n) is 6.16. The summed E-state index contributed by atoms with van der Waals surface area (Å²) in [6.07, 6.45) is 5.12. The molecule has 1 saturated carbocycles. The SMILES string of the molecule is Cc1ccc(C(N)=S)c(NC2CCCCC2C(C)C)n1. The van der Waals surface area contributed by atoms with E-state index in [2.05, 4.69) is 24.1 Å². The predicted molar refractivity (Wildman–Crippen MR) is 89.1 cm³/mol. The smallest absolute Gasteiger partial charge is 0.136 e. The molecule has 0 spiro atoms. The van der Waals surface area contributed by atoms with E-state index in [1.165, 1.54) is 25.7 Å². The van der Waals surface area contributed by atoms with Crippen LogP contribution >= 0.6 is 12.2 Å². The van der Waals surface area contributed by atoms with Gasteiger partial charge in [-0.1, -0.05) is 38.9 Å². The first-order valence-electron chi connectivity index (χ1n) is 7.53. The van der Waals surface area contributed by atoms with E-state index in [0.717, 1.165) is 17.1 Å². The predicted octanol–water partition coefficient (Wildman–Crippen LogP) is 3.65. The molecule has 1 aliphatic carbocycles. The van der Waals surface area contributed by atoms with Crippen LogP contribution in [0.3, 0.4) is 0 Å². The highest BCUT2D eigenvalue weighted by Gasteiger charge is 2.28. The highest BCUT2D eigenvalue weighted by Crippen LogP contribution is 2.32. The second-order valence-corrected chi connectivity index (χ2v) is 6.60. The first kappa shape index (κ1) is 15.2. The van der Waals surface area contributed by atoms with Crippen LogP contribution in [0.1, 0.15) is 50.8 Å². The molecule has 0 bridgehead atoms. The van der Waals surface area contributed by atoms with Crippen LogP contribution in [0.2, 0.25) is 0 Å². The van der Waals surface area contributed by atoms with Crippen molar-refractivity contribution >= 4 is 23.0 Å². The molecular weight excluding hydrogens is 266 g/mol. The average molecular weight is 291 g/mol. The average Bonchev–Trinajstić information content (AvgIpc) is 2.38. The number of nitrogens with zero attached hydrogens (tertiary/aromatic N) is 1. The summed E-state index contributed by atoms with van der Waals surface area (Å²) in [5, 5.41) is 3.62. The molecule has 0 radical (unpaired) electrons. The highest BCUT2D eigenvalue weighted by molar-refractivity contribution is 7.80. The van der Waals surface area contributed by atoms with Crippen LogP contribution < -0.4 is 11.1 Å². The highest BCUT2D eigenvalue weighted by atomic mass is 32.1. The van der Waals surface area contributed by atoms with Gasteiger partial charge in [-0.2, -0.15) is 0 Å². The van der Waals surface area contributed by atoms with Gasteiger partial charge < -0.3 is 11.1 Å². The zero-order valence-corrected chi connectivity index (χ0v) is 13.5. The Balaban J connectivity index is 2.23. The summed E-state index contributed by atoms with van der Waals surface area (Å²) in [7, 11) is 0. The monoisotopic (exact) mass is 291 g/mol. The lowest BCUT2D eigenvalue weighted by Gasteiger charge is -2.35. The summed E-state index contributed by atoms with van der Waals surface area (Å²) in [5.74, 6) is 2.24. The molecule has 1 aromatic heterocycles. The van der Waals surface area contributed by atoms with Crippen molar-refractivity contribution in [2.75, 3.05) is 5.32 Å². The summed E-state index contributed by atoms with van der Waals surface area (Å²) in [6, 6.07) is 4.41. The minimum atomic E-state index is 0.414. The maximum absolute atomic E-state index is 5.82. The van der Waals surface area contributed by atoms with Crippen LogP contribution in [0.5, 0.6) is 0 Å². The van der Waals surface area contributed by atoms with Crippen LogP contribution in [-0.4, -0.2) is 16.0 Å². The third-order valence-corrected chi connectivity index (χ3v) is 4.52. The summed E-state index contributed by atoms with van der Waals surface area (Å²) >= 11 is 5.14. The Morgan fingerprint density at radius 1 is 1.35 bits per heavy atom. The molecule has 3 N–H and O–H groups in total. The Bertz CT molecular complexity index is 485. The van der Waals surface area contributed by atoms with Crippen LogP contribution in [-0.2, 0) is 0 Å².